The molecule has 0 aliphatic carbocycles. The average molecular weight is 305 g/mol. The van der Waals surface area contributed by atoms with Crippen LogP contribution >= 0.6 is 27.3 Å². The van der Waals surface area contributed by atoms with Gasteiger partial charge >= 0.3 is 0 Å². The molecule has 1 aromatic heterocycles. The average Bonchev–Trinajstić information content (AvgIpc) is 2.67. The zero-order valence-corrected chi connectivity index (χ0v) is 12.7. The first kappa shape index (κ1) is 14.2. The number of halogens is 1. The van der Waals surface area contributed by atoms with E-state index in [9.17, 15) is 0 Å². The smallest absolute Gasteiger partial charge is 0.0331 e. The Balaban J connectivity index is 2.72. The van der Waals surface area contributed by atoms with Gasteiger partial charge in [-0.3, -0.25) is 4.90 Å². The number of rotatable bonds is 6. The minimum atomic E-state index is 0.149. The molecule has 4 heteroatoms. The van der Waals surface area contributed by atoms with Crippen LogP contribution in [0.25, 0.3) is 0 Å². The summed E-state index contributed by atoms with van der Waals surface area (Å²) in [5.41, 5.74) is 6.09. The quantitative estimate of drug-likeness (QED) is 0.872. The molecule has 0 radical (unpaired) electrons. The minimum absolute atomic E-state index is 0.149. The van der Waals surface area contributed by atoms with Crippen molar-refractivity contribution in [2.45, 2.75) is 38.8 Å². The highest BCUT2D eigenvalue weighted by Gasteiger charge is 2.29. The Kier molecular flexibility index (Phi) is 5.44. The predicted octanol–water partition coefficient (Wildman–Crippen LogP) is 3.46. The van der Waals surface area contributed by atoms with E-state index in [0.29, 0.717) is 0 Å². The second kappa shape index (κ2) is 6.15. The number of thiophene rings is 1. The maximum atomic E-state index is 5.94. The van der Waals surface area contributed by atoms with Crippen molar-refractivity contribution in [1.29, 1.82) is 0 Å². The molecule has 0 atom stereocenters. The first-order valence-electron chi connectivity index (χ1n) is 5.72. The van der Waals surface area contributed by atoms with Crippen molar-refractivity contribution in [3.8, 4) is 0 Å². The molecule has 0 aliphatic rings. The Bertz CT molecular complexity index is 312. The van der Waals surface area contributed by atoms with Crippen LogP contribution in [0.1, 0.15) is 31.6 Å². The number of hydrogen-bond donors (Lipinski definition) is 1. The topological polar surface area (TPSA) is 29.3 Å². The van der Waals surface area contributed by atoms with Gasteiger partial charge in [-0.1, -0.05) is 13.8 Å². The molecule has 0 aliphatic heterocycles. The van der Waals surface area contributed by atoms with Crippen molar-refractivity contribution in [3.05, 3.63) is 20.8 Å². The van der Waals surface area contributed by atoms with Gasteiger partial charge in [0.1, 0.15) is 0 Å². The van der Waals surface area contributed by atoms with E-state index in [1.54, 1.807) is 11.3 Å². The normalized spacial score (nSPS) is 12.4. The molecule has 92 valence electrons. The monoisotopic (exact) mass is 304 g/mol. The minimum Gasteiger partial charge on any atom is -0.329 e. The molecule has 0 bridgehead atoms. The third-order valence-electron chi connectivity index (χ3n) is 3.52. The van der Waals surface area contributed by atoms with E-state index in [2.05, 4.69) is 53.2 Å². The maximum Gasteiger partial charge on any atom is 0.0331 e. The van der Waals surface area contributed by atoms with Gasteiger partial charge in [0, 0.05) is 33.4 Å². The van der Waals surface area contributed by atoms with Crippen LogP contribution < -0.4 is 5.73 Å². The first-order chi connectivity index (χ1) is 7.57. The van der Waals surface area contributed by atoms with Crippen LogP contribution in [0, 0.1) is 0 Å². The number of nitrogens with zero attached hydrogens (tertiary/aromatic N) is 1. The maximum absolute atomic E-state index is 5.94. The van der Waals surface area contributed by atoms with Gasteiger partial charge in [0.15, 0.2) is 0 Å². The number of hydrogen-bond acceptors (Lipinski definition) is 3. The zero-order valence-electron chi connectivity index (χ0n) is 10.3. The summed E-state index contributed by atoms with van der Waals surface area (Å²) in [6, 6.07) is 2.19. The molecule has 0 spiro atoms. The van der Waals surface area contributed by atoms with E-state index < -0.39 is 0 Å². The van der Waals surface area contributed by atoms with Gasteiger partial charge in [0.05, 0.1) is 0 Å². The van der Waals surface area contributed by atoms with Crippen molar-refractivity contribution in [2.24, 2.45) is 5.73 Å². The van der Waals surface area contributed by atoms with Crippen molar-refractivity contribution in [1.82, 2.24) is 4.90 Å². The fourth-order valence-corrected chi connectivity index (χ4v) is 3.58. The van der Waals surface area contributed by atoms with E-state index in [0.717, 1.165) is 25.9 Å². The van der Waals surface area contributed by atoms with Crippen LogP contribution in [0.3, 0.4) is 0 Å². The molecule has 1 heterocycles. The van der Waals surface area contributed by atoms with Crippen molar-refractivity contribution >= 4 is 27.3 Å². The highest BCUT2D eigenvalue weighted by molar-refractivity contribution is 9.10. The molecule has 0 fully saturated rings. The summed E-state index contributed by atoms with van der Waals surface area (Å²) in [5.74, 6) is 0. The van der Waals surface area contributed by atoms with Crippen LogP contribution in [0.5, 0.6) is 0 Å². The Morgan fingerprint density at radius 2 is 2.06 bits per heavy atom. The molecule has 2 nitrogen and oxygen atoms in total. The van der Waals surface area contributed by atoms with Gasteiger partial charge in [-0.25, -0.2) is 0 Å². The Hall–Kier alpha value is 0.1000. The number of nitrogens with two attached hydrogens (primary N) is 1. The van der Waals surface area contributed by atoms with E-state index in [4.69, 9.17) is 5.73 Å². The lowest BCUT2D eigenvalue weighted by molar-refractivity contribution is 0.109. The molecule has 1 rings (SSSR count). The molecule has 0 saturated heterocycles. The van der Waals surface area contributed by atoms with Gasteiger partial charge in [0.25, 0.3) is 0 Å². The molecule has 0 saturated carbocycles. The summed E-state index contributed by atoms with van der Waals surface area (Å²) in [6.07, 6.45) is 2.20. The first-order valence-corrected chi connectivity index (χ1v) is 7.39. The van der Waals surface area contributed by atoms with Crippen LogP contribution in [-0.4, -0.2) is 24.0 Å². The fraction of sp³-hybridized carbons (Fsp3) is 0.667. The van der Waals surface area contributed by atoms with E-state index in [1.807, 2.05) is 0 Å². The van der Waals surface area contributed by atoms with Crippen LogP contribution in [0.4, 0.5) is 0 Å². The molecule has 0 amide bonds. The van der Waals surface area contributed by atoms with E-state index in [-0.39, 0.29) is 5.54 Å². The molecule has 0 aromatic carbocycles. The lowest BCUT2D eigenvalue weighted by atomic mass is 9.91. The number of likely N-dealkylation sites (N-methyl/N-ethyl adjacent to an activating group) is 1. The van der Waals surface area contributed by atoms with Gasteiger partial charge in [-0.2, -0.15) is 0 Å². The highest BCUT2D eigenvalue weighted by atomic mass is 79.9. The van der Waals surface area contributed by atoms with E-state index >= 15 is 0 Å². The lowest BCUT2D eigenvalue weighted by Gasteiger charge is -2.39. The molecule has 16 heavy (non-hydrogen) atoms. The summed E-state index contributed by atoms with van der Waals surface area (Å²) < 4.78 is 1.17. The molecule has 0 unspecified atom stereocenters. The van der Waals surface area contributed by atoms with Gasteiger partial charge in [-0.15, -0.1) is 11.3 Å². The Morgan fingerprint density at radius 3 is 2.44 bits per heavy atom. The third kappa shape index (κ3) is 3.06. The lowest BCUT2D eigenvalue weighted by Crippen LogP contribution is -2.50. The highest BCUT2D eigenvalue weighted by Crippen LogP contribution is 2.26. The second-order valence-corrected chi connectivity index (χ2v) is 6.13. The Labute approximate surface area is 111 Å². The fourth-order valence-electron chi connectivity index (χ4n) is 2.07. The van der Waals surface area contributed by atoms with Gasteiger partial charge < -0.3 is 5.73 Å². The standard InChI is InChI=1S/C12H21BrN2S/c1-4-12(5-2,9-14)15(3)7-11-6-10(13)8-16-11/h6,8H,4-5,7,9,14H2,1-3H3. The van der Waals surface area contributed by atoms with Crippen molar-refractivity contribution in [2.75, 3.05) is 13.6 Å². The predicted molar refractivity (Wildman–Crippen MR) is 75.9 cm³/mol. The second-order valence-electron chi connectivity index (χ2n) is 4.22. The van der Waals surface area contributed by atoms with Gasteiger partial charge in [-0.05, 0) is 41.9 Å². The van der Waals surface area contributed by atoms with Gasteiger partial charge in [0.2, 0.25) is 0 Å². The SMILES string of the molecule is CCC(CC)(CN)N(C)Cc1cc(Br)cs1. The third-order valence-corrected chi connectivity index (χ3v) is 5.20. The summed E-state index contributed by atoms with van der Waals surface area (Å²) in [6.45, 7) is 6.15. The molecule has 2 N–H and O–H groups in total. The summed E-state index contributed by atoms with van der Waals surface area (Å²) >= 11 is 5.29. The van der Waals surface area contributed by atoms with Crippen LogP contribution in [0.2, 0.25) is 0 Å². The van der Waals surface area contributed by atoms with Crippen LogP contribution in [0.15, 0.2) is 15.9 Å². The Morgan fingerprint density at radius 1 is 1.44 bits per heavy atom. The van der Waals surface area contributed by atoms with Crippen molar-refractivity contribution in [3.63, 3.8) is 0 Å². The van der Waals surface area contributed by atoms with Crippen LogP contribution in [-0.2, 0) is 6.54 Å². The van der Waals surface area contributed by atoms with Crippen molar-refractivity contribution < 1.29 is 0 Å². The molecule has 1 aromatic rings. The summed E-state index contributed by atoms with van der Waals surface area (Å²) in [4.78, 5) is 3.78. The summed E-state index contributed by atoms with van der Waals surface area (Å²) in [5, 5.41) is 2.13. The zero-order chi connectivity index (χ0) is 12.2. The van der Waals surface area contributed by atoms with E-state index in [1.165, 1.54) is 9.35 Å². The molecular weight excluding hydrogens is 284 g/mol. The summed E-state index contributed by atoms with van der Waals surface area (Å²) in [7, 11) is 2.17. The largest absolute Gasteiger partial charge is 0.329 e. The molecular formula is C12H21BrN2S.